The summed E-state index contributed by atoms with van der Waals surface area (Å²) in [5.41, 5.74) is 2.59. The maximum absolute atomic E-state index is 10.2. The van der Waals surface area contributed by atoms with Crippen LogP contribution in [0.5, 0.6) is 0 Å². The quantitative estimate of drug-likeness (QED) is 0.828. The van der Waals surface area contributed by atoms with Crippen LogP contribution in [0, 0.1) is 12.8 Å². The zero-order valence-electron chi connectivity index (χ0n) is 11.6. The van der Waals surface area contributed by atoms with Gasteiger partial charge in [-0.2, -0.15) is 0 Å². The Labute approximate surface area is 111 Å². The molecule has 1 saturated carbocycles. The third kappa shape index (κ3) is 3.26. The van der Waals surface area contributed by atoms with Gasteiger partial charge < -0.3 is 10.0 Å². The minimum Gasteiger partial charge on any atom is -0.393 e. The fourth-order valence-electron chi connectivity index (χ4n) is 3.02. The average molecular weight is 247 g/mol. The Morgan fingerprint density at radius 1 is 1.17 bits per heavy atom. The van der Waals surface area contributed by atoms with Crippen LogP contribution in [0.4, 0.5) is 5.69 Å². The first-order valence-electron chi connectivity index (χ1n) is 7.13. The van der Waals surface area contributed by atoms with Crippen LogP contribution in [0.25, 0.3) is 0 Å². The van der Waals surface area contributed by atoms with Crippen LogP contribution in [0.2, 0.25) is 0 Å². The summed E-state index contributed by atoms with van der Waals surface area (Å²) in [6, 6.07) is 8.48. The second-order valence-electron chi connectivity index (χ2n) is 5.63. The van der Waals surface area contributed by atoms with Crippen LogP contribution < -0.4 is 4.90 Å². The molecule has 0 heterocycles. The standard InChI is InChI=1S/C16H25NO/c1-13-8-6-7-10-15(13)17(2)12-14-9-4-3-5-11-16(14)18/h6-8,10,14,16,18H,3-5,9,11-12H2,1-2H3. The first kappa shape index (κ1) is 13.4. The summed E-state index contributed by atoms with van der Waals surface area (Å²) >= 11 is 0. The molecule has 0 aromatic heterocycles. The highest BCUT2D eigenvalue weighted by molar-refractivity contribution is 5.52. The molecule has 1 fully saturated rings. The number of rotatable bonds is 3. The number of para-hydroxylation sites is 1. The van der Waals surface area contributed by atoms with Gasteiger partial charge >= 0.3 is 0 Å². The molecule has 2 nitrogen and oxygen atoms in total. The van der Waals surface area contributed by atoms with Crippen molar-refractivity contribution in [2.75, 3.05) is 18.5 Å². The molecule has 0 aliphatic heterocycles. The minimum absolute atomic E-state index is 0.112. The molecular formula is C16H25NO. The van der Waals surface area contributed by atoms with Gasteiger partial charge in [0.1, 0.15) is 0 Å². The molecule has 0 radical (unpaired) electrons. The number of anilines is 1. The Bertz CT molecular complexity index is 377. The average Bonchev–Trinajstić information content (AvgIpc) is 2.55. The highest BCUT2D eigenvalue weighted by Crippen LogP contribution is 2.26. The van der Waals surface area contributed by atoms with Crippen molar-refractivity contribution in [3.8, 4) is 0 Å². The van der Waals surface area contributed by atoms with Crippen molar-refractivity contribution in [1.29, 1.82) is 0 Å². The van der Waals surface area contributed by atoms with Gasteiger partial charge in [-0.1, -0.05) is 37.5 Å². The third-order valence-electron chi connectivity index (χ3n) is 4.15. The summed E-state index contributed by atoms with van der Waals surface area (Å²) in [6.45, 7) is 3.11. The lowest BCUT2D eigenvalue weighted by molar-refractivity contribution is 0.104. The molecule has 100 valence electrons. The van der Waals surface area contributed by atoms with E-state index in [1.807, 2.05) is 0 Å². The van der Waals surface area contributed by atoms with E-state index in [0.717, 1.165) is 19.4 Å². The van der Waals surface area contributed by atoms with E-state index in [1.165, 1.54) is 30.5 Å². The van der Waals surface area contributed by atoms with Crippen molar-refractivity contribution < 1.29 is 5.11 Å². The van der Waals surface area contributed by atoms with Crippen LogP contribution in [0.3, 0.4) is 0 Å². The number of benzene rings is 1. The van der Waals surface area contributed by atoms with Gasteiger partial charge in [0.05, 0.1) is 6.10 Å². The monoisotopic (exact) mass is 247 g/mol. The predicted molar refractivity (Wildman–Crippen MR) is 77.0 cm³/mol. The molecule has 18 heavy (non-hydrogen) atoms. The molecule has 2 atom stereocenters. The second-order valence-corrected chi connectivity index (χ2v) is 5.63. The molecule has 1 aliphatic rings. The number of aliphatic hydroxyl groups excluding tert-OH is 1. The fourth-order valence-corrected chi connectivity index (χ4v) is 3.02. The lowest BCUT2D eigenvalue weighted by Crippen LogP contribution is -2.32. The smallest absolute Gasteiger partial charge is 0.0585 e. The molecule has 0 bridgehead atoms. The Morgan fingerprint density at radius 2 is 1.89 bits per heavy atom. The molecule has 1 aliphatic carbocycles. The molecule has 0 spiro atoms. The van der Waals surface area contributed by atoms with Crippen molar-refractivity contribution in [2.24, 2.45) is 5.92 Å². The molecule has 1 aromatic rings. The topological polar surface area (TPSA) is 23.5 Å². The van der Waals surface area contributed by atoms with Crippen LogP contribution in [0.1, 0.15) is 37.7 Å². The maximum Gasteiger partial charge on any atom is 0.0585 e. The van der Waals surface area contributed by atoms with Crippen molar-refractivity contribution in [3.05, 3.63) is 29.8 Å². The van der Waals surface area contributed by atoms with Crippen LogP contribution >= 0.6 is 0 Å². The second kappa shape index (κ2) is 6.24. The molecule has 2 unspecified atom stereocenters. The van der Waals surface area contributed by atoms with E-state index < -0.39 is 0 Å². The van der Waals surface area contributed by atoms with E-state index in [2.05, 4.69) is 43.1 Å². The van der Waals surface area contributed by atoms with Crippen molar-refractivity contribution in [3.63, 3.8) is 0 Å². The van der Waals surface area contributed by atoms with Crippen molar-refractivity contribution in [1.82, 2.24) is 0 Å². The Morgan fingerprint density at radius 3 is 2.67 bits per heavy atom. The maximum atomic E-state index is 10.2. The molecule has 0 amide bonds. The molecule has 1 aromatic carbocycles. The first-order valence-corrected chi connectivity index (χ1v) is 7.13. The van der Waals surface area contributed by atoms with E-state index in [9.17, 15) is 5.11 Å². The molecular weight excluding hydrogens is 222 g/mol. The summed E-state index contributed by atoms with van der Waals surface area (Å²) in [5.74, 6) is 0.428. The molecule has 0 saturated heterocycles. The van der Waals surface area contributed by atoms with Gasteiger partial charge in [0, 0.05) is 25.2 Å². The Kier molecular flexibility index (Phi) is 4.65. The molecule has 1 N–H and O–H groups in total. The van der Waals surface area contributed by atoms with Gasteiger partial charge in [0.2, 0.25) is 0 Å². The van der Waals surface area contributed by atoms with Gasteiger partial charge in [-0.3, -0.25) is 0 Å². The van der Waals surface area contributed by atoms with Gasteiger partial charge in [-0.25, -0.2) is 0 Å². The summed E-state index contributed by atoms with van der Waals surface area (Å²) in [4.78, 5) is 2.30. The summed E-state index contributed by atoms with van der Waals surface area (Å²) in [6.07, 6.45) is 5.76. The lowest BCUT2D eigenvalue weighted by Gasteiger charge is -2.29. The zero-order valence-corrected chi connectivity index (χ0v) is 11.6. The number of aryl methyl sites for hydroxylation is 1. The van der Waals surface area contributed by atoms with E-state index in [4.69, 9.17) is 0 Å². The van der Waals surface area contributed by atoms with E-state index in [-0.39, 0.29) is 6.10 Å². The van der Waals surface area contributed by atoms with Crippen LogP contribution in [0.15, 0.2) is 24.3 Å². The molecule has 2 rings (SSSR count). The highest BCUT2D eigenvalue weighted by Gasteiger charge is 2.23. The van der Waals surface area contributed by atoms with Crippen LogP contribution in [-0.4, -0.2) is 24.8 Å². The summed E-state index contributed by atoms with van der Waals surface area (Å²) in [5, 5.41) is 10.2. The van der Waals surface area contributed by atoms with E-state index in [0.29, 0.717) is 5.92 Å². The van der Waals surface area contributed by atoms with E-state index >= 15 is 0 Å². The number of hydrogen-bond donors (Lipinski definition) is 1. The highest BCUT2D eigenvalue weighted by atomic mass is 16.3. The summed E-state index contributed by atoms with van der Waals surface area (Å²) < 4.78 is 0. The van der Waals surface area contributed by atoms with Gasteiger partial charge in [-0.15, -0.1) is 0 Å². The first-order chi connectivity index (χ1) is 8.68. The summed E-state index contributed by atoms with van der Waals surface area (Å²) in [7, 11) is 2.14. The number of aliphatic hydroxyl groups is 1. The Hall–Kier alpha value is -1.02. The van der Waals surface area contributed by atoms with Gasteiger partial charge in [0.15, 0.2) is 0 Å². The Balaban J connectivity index is 2.02. The minimum atomic E-state index is -0.112. The van der Waals surface area contributed by atoms with Crippen molar-refractivity contribution in [2.45, 2.75) is 45.1 Å². The van der Waals surface area contributed by atoms with Gasteiger partial charge in [0.25, 0.3) is 0 Å². The SMILES string of the molecule is Cc1ccccc1N(C)CC1CCCCCC1O. The zero-order chi connectivity index (χ0) is 13.0. The third-order valence-corrected chi connectivity index (χ3v) is 4.15. The predicted octanol–water partition coefficient (Wildman–Crippen LogP) is 3.37. The van der Waals surface area contributed by atoms with E-state index in [1.54, 1.807) is 0 Å². The molecule has 2 heteroatoms. The largest absolute Gasteiger partial charge is 0.393 e. The normalized spacial score (nSPS) is 24.6. The van der Waals surface area contributed by atoms with Crippen molar-refractivity contribution >= 4 is 5.69 Å². The van der Waals surface area contributed by atoms with Gasteiger partial charge in [-0.05, 0) is 31.4 Å². The fraction of sp³-hybridized carbons (Fsp3) is 0.625. The number of hydrogen-bond acceptors (Lipinski definition) is 2. The lowest BCUT2D eigenvalue weighted by atomic mass is 9.96. The van der Waals surface area contributed by atoms with Crippen LogP contribution in [-0.2, 0) is 0 Å². The number of nitrogens with zero attached hydrogens (tertiary/aromatic N) is 1.